The van der Waals surface area contributed by atoms with E-state index in [1.165, 1.54) is 0 Å². The molecule has 0 spiro atoms. The van der Waals surface area contributed by atoms with Crippen molar-refractivity contribution in [2.75, 3.05) is 11.5 Å². The van der Waals surface area contributed by atoms with Gasteiger partial charge in [-0.1, -0.05) is 12.1 Å². The zero-order valence-corrected chi connectivity index (χ0v) is 12.7. The van der Waals surface area contributed by atoms with Crippen LogP contribution in [0.5, 0.6) is 0 Å². The van der Waals surface area contributed by atoms with Crippen molar-refractivity contribution in [1.82, 2.24) is 10.4 Å². The van der Waals surface area contributed by atoms with Crippen molar-refractivity contribution in [3.63, 3.8) is 0 Å². The molecule has 2 heterocycles. The lowest BCUT2D eigenvalue weighted by atomic mass is 9.92. The Morgan fingerprint density at radius 2 is 2.14 bits per heavy atom. The summed E-state index contributed by atoms with van der Waals surface area (Å²) in [6.45, 7) is 1.96. The first kappa shape index (κ1) is 14.4. The Balaban J connectivity index is 1.96. The van der Waals surface area contributed by atoms with Gasteiger partial charge in [0.1, 0.15) is 0 Å². The molecule has 0 radical (unpaired) electrons. The van der Waals surface area contributed by atoms with E-state index in [0.29, 0.717) is 6.42 Å². The van der Waals surface area contributed by atoms with E-state index < -0.39 is 9.84 Å². The third kappa shape index (κ3) is 2.92. The number of nitrogens with two attached hydrogens (primary N) is 1. The molecule has 5 nitrogen and oxygen atoms in total. The molecule has 1 aliphatic rings. The van der Waals surface area contributed by atoms with Crippen molar-refractivity contribution in [3.05, 3.63) is 41.6 Å². The zero-order valence-electron chi connectivity index (χ0n) is 11.9. The monoisotopic (exact) mass is 305 g/mol. The highest BCUT2D eigenvalue weighted by molar-refractivity contribution is 7.91. The second-order valence-electron chi connectivity index (χ2n) is 5.71. The molecule has 0 amide bonds. The van der Waals surface area contributed by atoms with E-state index in [4.69, 9.17) is 5.84 Å². The van der Waals surface area contributed by atoms with Crippen LogP contribution in [0.2, 0.25) is 0 Å². The molecule has 1 aliphatic heterocycles. The molecular weight excluding hydrogens is 286 g/mol. The molecule has 6 heteroatoms. The topological polar surface area (TPSA) is 85.1 Å². The van der Waals surface area contributed by atoms with Gasteiger partial charge in [-0.2, -0.15) is 0 Å². The van der Waals surface area contributed by atoms with Crippen LogP contribution in [0.25, 0.3) is 10.9 Å². The standard InChI is InChI=1S/C15H19N3O2S/c1-10-2-3-11-8-12(4-5-14(11)17-10)15(18-16)13-6-7-21(19,20)9-13/h2-5,8,13,15,18H,6-7,9,16H2,1H3. The van der Waals surface area contributed by atoms with Crippen LogP contribution in [-0.4, -0.2) is 24.9 Å². The molecule has 21 heavy (non-hydrogen) atoms. The van der Waals surface area contributed by atoms with Crippen molar-refractivity contribution in [1.29, 1.82) is 0 Å². The van der Waals surface area contributed by atoms with Gasteiger partial charge in [0, 0.05) is 17.1 Å². The highest BCUT2D eigenvalue weighted by Crippen LogP contribution is 2.32. The third-order valence-corrected chi connectivity index (χ3v) is 5.92. The van der Waals surface area contributed by atoms with Crippen molar-refractivity contribution in [2.45, 2.75) is 19.4 Å². The molecule has 1 aromatic heterocycles. The Labute approximate surface area is 124 Å². The fourth-order valence-electron chi connectivity index (χ4n) is 3.03. The number of sulfone groups is 1. The summed E-state index contributed by atoms with van der Waals surface area (Å²) in [5.74, 6) is 6.16. The number of aryl methyl sites for hydroxylation is 1. The lowest BCUT2D eigenvalue weighted by molar-refractivity contribution is 0.400. The van der Waals surface area contributed by atoms with Gasteiger partial charge in [-0.15, -0.1) is 0 Å². The van der Waals surface area contributed by atoms with Crippen molar-refractivity contribution in [3.8, 4) is 0 Å². The van der Waals surface area contributed by atoms with Gasteiger partial charge in [-0.25, -0.2) is 8.42 Å². The van der Waals surface area contributed by atoms with E-state index in [9.17, 15) is 8.42 Å². The van der Waals surface area contributed by atoms with Crippen LogP contribution in [0.4, 0.5) is 0 Å². The molecule has 2 aromatic rings. The second-order valence-corrected chi connectivity index (χ2v) is 7.94. The first-order valence-electron chi connectivity index (χ1n) is 7.02. The summed E-state index contributed by atoms with van der Waals surface area (Å²) < 4.78 is 23.3. The fraction of sp³-hybridized carbons (Fsp3) is 0.400. The Morgan fingerprint density at radius 1 is 1.33 bits per heavy atom. The minimum absolute atomic E-state index is 0.0239. The van der Waals surface area contributed by atoms with Crippen molar-refractivity contribution >= 4 is 20.7 Å². The summed E-state index contributed by atoms with van der Waals surface area (Å²) in [6, 6.07) is 9.83. The summed E-state index contributed by atoms with van der Waals surface area (Å²) in [5.41, 5.74) is 5.72. The molecule has 112 valence electrons. The summed E-state index contributed by atoms with van der Waals surface area (Å²) in [6.07, 6.45) is 0.654. The minimum Gasteiger partial charge on any atom is -0.271 e. The quantitative estimate of drug-likeness (QED) is 0.663. The van der Waals surface area contributed by atoms with E-state index in [1.807, 2.05) is 37.3 Å². The number of nitrogens with one attached hydrogen (secondary N) is 1. The second kappa shape index (κ2) is 5.36. The average molecular weight is 305 g/mol. The van der Waals surface area contributed by atoms with E-state index in [2.05, 4.69) is 10.4 Å². The van der Waals surface area contributed by atoms with Crippen LogP contribution >= 0.6 is 0 Å². The number of fused-ring (bicyclic) bond motifs is 1. The van der Waals surface area contributed by atoms with E-state index >= 15 is 0 Å². The highest BCUT2D eigenvalue weighted by Gasteiger charge is 2.34. The Kier molecular flexibility index (Phi) is 3.69. The molecule has 0 bridgehead atoms. The third-order valence-electron chi connectivity index (χ3n) is 4.13. The number of nitrogens with zero attached hydrogens (tertiary/aromatic N) is 1. The van der Waals surface area contributed by atoms with Crippen molar-refractivity contribution < 1.29 is 8.42 Å². The lowest BCUT2D eigenvalue weighted by Gasteiger charge is -2.22. The van der Waals surface area contributed by atoms with Crippen LogP contribution < -0.4 is 11.3 Å². The molecular formula is C15H19N3O2S. The number of aromatic nitrogens is 1. The van der Waals surface area contributed by atoms with Gasteiger partial charge >= 0.3 is 0 Å². The first-order valence-corrected chi connectivity index (χ1v) is 8.84. The van der Waals surface area contributed by atoms with Crippen LogP contribution in [0.3, 0.4) is 0 Å². The molecule has 1 fully saturated rings. The molecule has 1 aromatic carbocycles. The maximum atomic E-state index is 11.7. The summed E-state index contributed by atoms with van der Waals surface area (Å²) in [4.78, 5) is 4.47. The molecule has 0 aliphatic carbocycles. The Bertz CT molecular complexity index is 774. The zero-order chi connectivity index (χ0) is 15.0. The van der Waals surface area contributed by atoms with Gasteiger partial charge in [-0.05, 0) is 43.0 Å². The summed E-state index contributed by atoms with van der Waals surface area (Å²) in [7, 11) is -2.91. The predicted molar refractivity (Wildman–Crippen MR) is 83.3 cm³/mol. The fourth-order valence-corrected chi connectivity index (χ4v) is 4.87. The smallest absolute Gasteiger partial charge is 0.150 e. The van der Waals surface area contributed by atoms with E-state index in [-0.39, 0.29) is 23.5 Å². The Hall–Kier alpha value is -1.50. The molecule has 1 saturated heterocycles. The molecule has 0 saturated carbocycles. The predicted octanol–water partition coefficient (Wildman–Crippen LogP) is 1.48. The van der Waals surface area contributed by atoms with E-state index in [1.54, 1.807) is 0 Å². The lowest BCUT2D eigenvalue weighted by Crippen LogP contribution is -2.34. The van der Waals surface area contributed by atoms with E-state index in [0.717, 1.165) is 22.2 Å². The summed E-state index contributed by atoms with van der Waals surface area (Å²) in [5, 5.41) is 1.04. The van der Waals surface area contributed by atoms with Crippen molar-refractivity contribution in [2.24, 2.45) is 11.8 Å². The minimum atomic E-state index is -2.91. The van der Waals surface area contributed by atoms with Crippen LogP contribution in [0.15, 0.2) is 30.3 Å². The number of hydrogen-bond donors (Lipinski definition) is 2. The maximum Gasteiger partial charge on any atom is 0.150 e. The summed E-state index contributed by atoms with van der Waals surface area (Å²) >= 11 is 0. The first-order chi connectivity index (χ1) is 9.98. The number of benzene rings is 1. The molecule has 3 rings (SSSR count). The van der Waals surface area contributed by atoms with Gasteiger partial charge in [-0.3, -0.25) is 16.3 Å². The van der Waals surface area contributed by atoms with Gasteiger partial charge in [0.05, 0.1) is 17.0 Å². The molecule has 2 unspecified atom stereocenters. The van der Waals surface area contributed by atoms with Crippen LogP contribution in [0.1, 0.15) is 23.7 Å². The highest BCUT2D eigenvalue weighted by atomic mass is 32.2. The number of hydrogen-bond acceptors (Lipinski definition) is 5. The average Bonchev–Trinajstić information content (AvgIpc) is 2.80. The normalized spacial score (nSPS) is 22.5. The van der Waals surface area contributed by atoms with Gasteiger partial charge < -0.3 is 0 Å². The van der Waals surface area contributed by atoms with Crippen LogP contribution in [0, 0.1) is 12.8 Å². The van der Waals surface area contributed by atoms with Gasteiger partial charge in [0.25, 0.3) is 0 Å². The Morgan fingerprint density at radius 3 is 2.81 bits per heavy atom. The SMILES string of the molecule is Cc1ccc2cc(C(NN)C3CCS(=O)(=O)C3)ccc2n1. The largest absolute Gasteiger partial charge is 0.271 e. The van der Waals surface area contributed by atoms with Crippen LogP contribution in [-0.2, 0) is 9.84 Å². The maximum absolute atomic E-state index is 11.7. The molecule has 2 atom stereocenters. The number of rotatable bonds is 3. The van der Waals surface area contributed by atoms with Gasteiger partial charge in [0.15, 0.2) is 9.84 Å². The molecule has 3 N–H and O–H groups in total. The van der Waals surface area contributed by atoms with Gasteiger partial charge in [0.2, 0.25) is 0 Å². The number of pyridine rings is 1. The number of hydrazine groups is 1.